The number of ether oxygens (including phenoxy) is 1. The van der Waals surface area contributed by atoms with Gasteiger partial charge in [0, 0.05) is 48.8 Å². The second-order valence-electron chi connectivity index (χ2n) is 8.28. The molecule has 3 aromatic carbocycles. The highest BCUT2D eigenvalue weighted by Crippen LogP contribution is 2.23. The highest BCUT2D eigenvalue weighted by molar-refractivity contribution is 6.04. The van der Waals surface area contributed by atoms with Crippen molar-refractivity contribution in [3.8, 4) is 11.8 Å². The van der Waals surface area contributed by atoms with E-state index >= 15 is 0 Å². The van der Waals surface area contributed by atoms with Gasteiger partial charge in [-0.3, -0.25) is 4.79 Å². The molecule has 1 atom stereocenters. The number of hydrogen-bond donors (Lipinski definition) is 2. The molecule has 0 bridgehead atoms. The maximum atomic E-state index is 12.6. The van der Waals surface area contributed by atoms with Crippen molar-refractivity contribution in [3.05, 3.63) is 83.9 Å². The summed E-state index contributed by atoms with van der Waals surface area (Å²) in [4.78, 5) is 17.2. The Hall–Kier alpha value is -4.09. The summed E-state index contributed by atoms with van der Waals surface area (Å²) >= 11 is 0. The number of piperazine rings is 1. The summed E-state index contributed by atoms with van der Waals surface area (Å²) in [6.07, 6.45) is -1.16. The average molecular weight is 475 g/mol. The van der Waals surface area contributed by atoms with Gasteiger partial charge < -0.3 is 25.0 Å². The van der Waals surface area contributed by atoms with Crippen LogP contribution in [-0.4, -0.2) is 56.6 Å². The van der Waals surface area contributed by atoms with Crippen LogP contribution in [0.15, 0.2) is 72.8 Å². The zero-order valence-electron chi connectivity index (χ0n) is 19.2. The molecule has 0 spiro atoms. The minimum absolute atomic E-state index is 0.140. The standard InChI is InChI=1S/C27H27FN4O3/c28-17-25(33)19-35-26-11-3-21(4-12-26)27(34)30-22-5-9-24(10-6-22)32-15-13-31(14-16-32)23-7-1-20(18-29)2-8-23/h1-12,25,33H,13-17,19H2,(H,30,34). The number of amides is 1. The lowest BCUT2D eigenvalue weighted by molar-refractivity contribution is 0.0841. The first-order chi connectivity index (χ1) is 17.1. The second-order valence-corrected chi connectivity index (χ2v) is 8.28. The number of nitrogens with zero attached hydrogens (tertiary/aromatic N) is 3. The molecule has 2 N–H and O–H groups in total. The van der Waals surface area contributed by atoms with Crippen molar-refractivity contribution in [2.45, 2.75) is 6.10 Å². The fourth-order valence-electron chi connectivity index (χ4n) is 3.87. The van der Waals surface area contributed by atoms with Crippen molar-refractivity contribution in [2.75, 3.05) is 54.6 Å². The van der Waals surface area contributed by atoms with E-state index in [-0.39, 0.29) is 12.5 Å². The molecule has 1 heterocycles. The Bertz CT molecular complexity index is 1150. The molecule has 1 aliphatic rings. The largest absolute Gasteiger partial charge is 0.491 e. The number of benzene rings is 3. The van der Waals surface area contributed by atoms with Gasteiger partial charge in [-0.1, -0.05) is 0 Å². The van der Waals surface area contributed by atoms with Crippen molar-refractivity contribution in [1.82, 2.24) is 0 Å². The number of aliphatic hydroxyl groups excluding tert-OH is 1. The first-order valence-corrected chi connectivity index (χ1v) is 11.4. The molecule has 8 heteroatoms. The van der Waals surface area contributed by atoms with Crippen molar-refractivity contribution >= 4 is 23.0 Å². The zero-order valence-corrected chi connectivity index (χ0v) is 19.2. The number of aliphatic hydroxyl groups is 1. The molecule has 1 aliphatic heterocycles. The Morgan fingerprint density at radius 3 is 2.00 bits per heavy atom. The van der Waals surface area contributed by atoms with Crippen molar-refractivity contribution in [2.24, 2.45) is 0 Å². The van der Waals surface area contributed by atoms with Crippen LogP contribution in [0.25, 0.3) is 0 Å². The first kappa shape index (κ1) is 24.0. The van der Waals surface area contributed by atoms with Gasteiger partial charge in [-0.2, -0.15) is 5.26 Å². The van der Waals surface area contributed by atoms with E-state index in [1.54, 1.807) is 24.3 Å². The van der Waals surface area contributed by atoms with Crippen LogP contribution >= 0.6 is 0 Å². The van der Waals surface area contributed by atoms with Crippen molar-refractivity contribution in [1.29, 1.82) is 5.26 Å². The van der Waals surface area contributed by atoms with Crippen LogP contribution in [-0.2, 0) is 0 Å². The number of halogens is 1. The fourth-order valence-corrected chi connectivity index (χ4v) is 3.87. The number of anilines is 3. The summed E-state index contributed by atoms with van der Waals surface area (Å²) < 4.78 is 17.6. The van der Waals surface area contributed by atoms with E-state index in [2.05, 4.69) is 21.2 Å². The summed E-state index contributed by atoms with van der Waals surface area (Å²) in [7, 11) is 0. The molecular weight excluding hydrogens is 447 g/mol. The quantitative estimate of drug-likeness (QED) is 0.516. The third kappa shape index (κ3) is 6.28. The van der Waals surface area contributed by atoms with E-state index in [1.165, 1.54) is 0 Å². The van der Waals surface area contributed by atoms with Crippen LogP contribution in [0.1, 0.15) is 15.9 Å². The lowest BCUT2D eigenvalue weighted by Crippen LogP contribution is -2.46. The van der Waals surface area contributed by atoms with E-state index in [4.69, 9.17) is 10.00 Å². The Balaban J connectivity index is 1.28. The normalized spacial score (nSPS) is 14.2. The highest BCUT2D eigenvalue weighted by Gasteiger charge is 2.18. The number of rotatable bonds is 8. The van der Waals surface area contributed by atoms with Crippen LogP contribution in [0, 0.1) is 11.3 Å². The molecule has 1 saturated heterocycles. The molecule has 4 rings (SSSR count). The molecule has 35 heavy (non-hydrogen) atoms. The number of nitriles is 1. The Morgan fingerprint density at radius 2 is 1.49 bits per heavy atom. The Labute approximate surface area is 204 Å². The monoisotopic (exact) mass is 474 g/mol. The molecule has 7 nitrogen and oxygen atoms in total. The van der Waals surface area contributed by atoms with Crippen LogP contribution in [0.3, 0.4) is 0 Å². The second kappa shape index (κ2) is 11.4. The molecule has 180 valence electrons. The molecule has 1 fully saturated rings. The van der Waals surface area contributed by atoms with Gasteiger partial charge in [-0.05, 0) is 72.8 Å². The lowest BCUT2D eigenvalue weighted by atomic mass is 10.1. The Morgan fingerprint density at radius 1 is 0.943 bits per heavy atom. The summed E-state index contributed by atoms with van der Waals surface area (Å²) in [6.45, 7) is 2.52. The molecule has 0 radical (unpaired) electrons. The van der Waals surface area contributed by atoms with E-state index in [0.29, 0.717) is 22.6 Å². The average Bonchev–Trinajstić information content (AvgIpc) is 2.92. The minimum atomic E-state index is -1.16. The van der Waals surface area contributed by atoms with Crippen LogP contribution in [0.5, 0.6) is 5.75 Å². The number of alkyl halides is 1. The molecular formula is C27H27FN4O3. The molecule has 0 aliphatic carbocycles. The van der Waals surface area contributed by atoms with Gasteiger partial charge in [0.25, 0.3) is 5.91 Å². The SMILES string of the molecule is N#Cc1ccc(N2CCN(c3ccc(NC(=O)c4ccc(OCC(O)CF)cc4)cc3)CC2)cc1. The van der Waals surface area contributed by atoms with Crippen LogP contribution in [0.4, 0.5) is 21.5 Å². The summed E-state index contributed by atoms with van der Waals surface area (Å²) in [5.41, 5.74) is 4.04. The van der Waals surface area contributed by atoms with E-state index < -0.39 is 12.8 Å². The fraction of sp³-hybridized carbons (Fsp3) is 0.259. The van der Waals surface area contributed by atoms with Gasteiger partial charge in [-0.25, -0.2) is 4.39 Å². The number of carbonyl (C=O) groups excluding carboxylic acids is 1. The van der Waals surface area contributed by atoms with Gasteiger partial charge in [0.2, 0.25) is 0 Å². The van der Waals surface area contributed by atoms with Gasteiger partial charge in [0.1, 0.15) is 25.1 Å². The zero-order chi connectivity index (χ0) is 24.6. The van der Waals surface area contributed by atoms with Gasteiger partial charge in [0.15, 0.2) is 0 Å². The van der Waals surface area contributed by atoms with Gasteiger partial charge in [0.05, 0.1) is 11.6 Å². The maximum absolute atomic E-state index is 12.6. The summed E-state index contributed by atoms with van der Waals surface area (Å²) in [5.74, 6) is 0.210. The summed E-state index contributed by atoms with van der Waals surface area (Å²) in [5, 5.41) is 21.1. The van der Waals surface area contributed by atoms with Crippen LogP contribution in [0.2, 0.25) is 0 Å². The van der Waals surface area contributed by atoms with Gasteiger partial charge >= 0.3 is 0 Å². The van der Waals surface area contributed by atoms with Crippen LogP contribution < -0.4 is 19.9 Å². The topological polar surface area (TPSA) is 88.8 Å². The first-order valence-electron chi connectivity index (χ1n) is 11.4. The smallest absolute Gasteiger partial charge is 0.255 e. The van der Waals surface area contributed by atoms with E-state index in [9.17, 15) is 14.3 Å². The molecule has 3 aromatic rings. The minimum Gasteiger partial charge on any atom is -0.491 e. The predicted octanol–water partition coefficient (Wildman–Crippen LogP) is 3.85. The lowest BCUT2D eigenvalue weighted by Gasteiger charge is -2.37. The molecule has 1 amide bonds. The third-order valence-corrected chi connectivity index (χ3v) is 5.87. The number of hydrogen-bond acceptors (Lipinski definition) is 6. The number of carbonyl (C=O) groups is 1. The van der Waals surface area contributed by atoms with Crippen molar-refractivity contribution < 1.29 is 19.0 Å². The Kier molecular flexibility index (Phi) is 7.81. The van der Waals surface area contributed by atoms with E-state index in [1.807, 2.05) is 48.5 Å². The highest BCUT2D eigenvalue weighted by atomic mass is 19.1. The molecule has 1 unspecified atom stereocenters. The molecule has 0 saturated carbocycles. The van der Waals surface area contributed by atoms with Gasteiger partial charge in [-0.15, -0.1) is 0 Å². The molecule has 0 aromatic heterocycles. The third-order valence-electron chi connectivity index (χ3n) is 5.87. The maximum Gasteiger partial charge on any atom is 0.255 e. The predicted molar refractivity (Wildman–Crippen MR) is 134 cm³/mol. The summed E-state index contributed by atoms with van der Waals surface area (Å²) in [6, 6.07) is 24.0. The number of nitrogens with one attached hydrogen (secondary N) is 1. The van der Waals surface area contributed by atoms with Crippen molar-refractivity contribution in [3.63, 3.8) is 0 Å². The van der Waals surface area contributed by atoms with E-state index in [0.717, 1.165) is 37.6 Å².